The van der Waals surface area contributed by atoms with Gasteiger partial charge in [-0.25, -0.2) is 0 Å². The molecule has 0 saturated carbocycles. The van der Waals surface area contributed by atoms with Crippen molar-refractivity contribution in [3.63, 3.8) is 0 Å². The highest BCUT2D eigenvalue weighted by Gasteiger charge is 2.35. The number of carbonyl (C=O) groups excluding carboxylic acids is 1. The quantitative estimate of drug-likeness (QED) is 0.312. The molecule has 0 heterocycles. The van der Waals surface area contributed by atoms with Gasteiger partial charge in [0.2, 0.25) is 5.91 Å². The maximum absolute atomic E-state index is 10.3. The standard InChI is InChI=1S/C21H28.C9H17NO.C2H6/c1-5-10-18(6-2)21(4,19-11-8-7-9-12-19)20-15-13-17(3)14-16-20;1-3-5-8(2)6-4-7-9(10)11;1-2/h7-9,11-16,18H,5-6,10H2,1-4H3;2-7H2,1H3,(H2,10,11);1-2H3. The van der Waals surface area contributed by atoms with E-state index >= 15 is 0 Å². The van der Waals surface area contributed by atoms with E-state index in [9.17, 15) is 4.79 Å². The average molecular weight is 466 g/mol. The van der Waals surface area contributed by atoms with E-state index in [0.29, 0.717) is 12.3 Å². The first-order valence-electron chi connectivity index (χ1n) is 13.4. The summed E-state index contributed by atoms with van der Waals surface area (Å²) >= 11 is 0. The Bertz CT molecular complexity index is 794. The van der Waals surface area contributed by atoms with Gasteiger partial charge in [-0.15, -0.1) is 0 Å². The number of aryl methyl sites for hydroxylation is 1. The predicted octanol–water partition coefficient (Wildman–Crippen LogP) is 9.15. The summed E-state index contributed by atoms with van der Waals surface area (Å²) in [7, 11) is 0. The highest BCUT2D eigenvalue weighted by atomic mass is 16.1. The molecule has 0 radical (unpaired) electrons. The molecule has 0 saturated heterocycles. The third-order valence-corrected chi connectivity index (χ3v) is 6.53. The lowest BCUT2D eigenvalue weighted by atomic mass is 9.65. The topological polar surface area (TPSA) is 43.1 Å². The molecule has 0 spiro atoms. The van der Waals surface area contributed by atoms with Crippen molar-refractivity contribution in [2.45, 2.75) is 105 Å². The third kappa shape index (κ3) is 10.7. The van der Waals surface area contributed by atoms with Crippen LogP contribution in [0.25, 0.3) is 0 Å². The van der Waals surface area contributed by atoms with Gasteiger partial charge in [-0.2, -0.15) is 0 Å². The molecule has 34 heavy (non-hydrogen) atoms. The normalized spacial score (nSPS) is 12.8. The molecule has 2 unspecified atom stereocenters. The zero-order chi connectivity index (χ0) is 26.0. The van der Waals surface area contributed by atoms with Crippen LogP contribution in [0.4, 0.5) is 0 Å². The molecule has 1 amide bonds. The molecule has 2 atom stereocenters. The zero-order valence-electron chi connectivity index (χ0n) is 23.1. The number of nitrogens with two attached hydrogens (primary N) is 1. The van der Waals surface area contributed by atoms with E-state index in [2.05, 4.69) is 95.8 Å². The summed E-state index contributed by atoms with van der Waals surface area (Å²) in [5.74, 6) is 0.460. The Morgan fingerprint density at radius 2 is 1.44 bits per heavy atom. The summed E-state index contributed by atoms with van der Waals surface area (Å²) in [4.78, 5) is 10.3. The van der Waals surface area contributed by atoms with Crippen molar-refractivity contribution in [1.29, 1.82) is 0 Å². The van der Waals surface area contributed by atoms with Gasteiger partial charge in [0.25, 0.3) is 0 Å². The van der Waals surface area contributed by atoms with E-state index < -0.39 is 0 Å². The fraction of sp³-hybridized carbons (Fsp3) is 0.531. The summed E-state index contributed by atoms with van der Waals surface area (Å²) in [6.45, 7) is 19.2. The molecule has 2 nitrogen and oxygen atoms in total. The molecule has 0 bridgehead atoms. The van der Waals surface area contributed by atoms with Crippen LogP contribution in [0.1, 0.15) is 110 Å². The number of carbonyl (C=O) groups is 1. The molecule has 2 N–H and O–H groups in total. The number of rotatable bonds is 12. The lowest BCUT2D eigenvalue weighted by Gasteiger charge is -2.39. The Labute approximate surface area is 211 Å². The number of hydrogen-bond acceptors (Lipinski definition) is 1. The number of benzene rings is 2. The van der Waals surface area contributed by atoms with Gasteiger partial charge in [0.1, 0.15) is 0 Å². The first-order valence-corrected chi connectivity index (χ1v) is 13.4. The first-order chi connectivity index (χ1) is 16.3. The minimum atomic E-state index is -0.214. The largest absolute Gasteiger partial charge is 0.370 e. The second kappa shape index (κ2) is 18.0. The van der Waals surface area contributed by atoms with Gasteiger partial charge >= 0.3 is 0 Å². The summed E-state index contributed by atoms with van der Waals surface area (Å²) in [6, 6.07) is 20.2. The van der Waals surface area contributed by atoms with E-state index in [1.165, 1.54) is 41.5 Å². The molecule has 190 valence electrons. The summed E-state index contributed by atoms with van der Waals surface area (Å²) in [5, 5.41) is 0. The van der Waals surface area contributed by atoms with Gasteiger partial charge < -0.3 is 5.73 Å². The van der Waals surface area contributed by atoms with Crippen molar-refractivity contribution in [1.82, 2.24) is 0 Å². The highest BCUT2D eigenvalue weighted by molar-refractivity contribution is 5.73. The molecule has 0 aromatic heterocycles. The van der Waals surface area contributed by atoms with Crippen LogP contribution >= 0.6 is 0 Å². The Morgan fingerprint density at radius 3 is 1.91 bits per heavy atom. The third-order valence-electron chi connectivity index (χ3n) is 6.53. The van der Waals surface area contributed by atoms with Gasteiger partial charge in [0.15, 0.2) is 0 Å². The van der Waals surface area contributed by atoms with E-state index in [4.69, 9.17) is 5.73 Å². The van der Waals surface area contributed by atoms with Crippen molar-refractivity contribution >= 4 is 5.91 Å². The maximum atomic E-state index is 10.3. The highest BCUT2D eigenvalue weighted by Crippen LogP contribution is 2.42. The monoisotopic (exact) mass is 465 g/mol. The summed E-state index contributed by atoms with van der Waals surface area (Å²) in [5.41, 5.74) is 10.5. The fourth-order valence-corrected chi connectivity index (χ4v) is 4.56. The van der Waals surface area contributed by atoms with Crippen molar-refractivity contribution in [3.05, 3.63) is 83.4 Å². The van der Waals surface area contributed by atoms with Crippen LogP contribution in [0.15, 0.2) is 66.7 Å². The predicted molar refractivity (Wildman–Crippen MR) is 151 cm³/mol. The number of hydrogen-bond donors (Lipinski definition) is 1. The van der Waals surface area contributed by atoms with E-state index in [-0.39, 0.29) is 11.3 Å². The second-order valence-electron chi connectivity index (χ2n) is 9.15. The molecule has 2 aromatic rings. The Hall–Kier alpha value is -2.35. The van der Waals surface area contributed by atoms with Gasteiger partial charge in [-0.3, -0.25) is 4.79 Å². The van der Waals surface area contributed by atoms with Crippen LogP contribution in [0.3, 0.4) is 0 Å². The van der Waals surface area contributed by atoms with Crippen LogP contribution in [-0.2, 0) is 10.2 Å². The number of allylic oxidation sites excluding steroid dienone is 1. The van der Waals surface area contributed by atoms with E-state index in [0.717, 1.165) is 25.7 Å². The van der Waals surface area contributed by atoms with Gasteiger partial charge in [0, 0.05) is 11.8 Å². The average Bonchev–Trinajstić information content (AvgIpc) is 2.84. The number of amides is 1. The minimum Gasteiger partial charge on any atom is -0.370 e. The molecular formula is C32H51NO. The molecule has 0 fully saturated rings. The molecule has 0 aliphatic carbocycles. The minimum absolute atomic E-state index is 0.0969. The molecule has 2 aromatic carbocycles. The lowest BCUT2D eigenvalue weighted by Crippen LogP contribution is -2.33. The second-order valence-corrected chi connectivity index (χ2v) is 9.15. The summed E-state index contributed by atoms with van der Waals surface area (Å²) < 4.78 is 0. The van der Waals surface area contributed by atoms with E-state index in [1.807, 2.05) is 13.8 Å². The Kier molecular flexibility index (Phi) is 16.8. The van der Waals surface area contributed by atoms with Crippen molar-refractivity contribution in [3.8, 4) is 0 Å². The molecule has 0 aliphatic heterocycles. The zero-order valence-corrected chi connectivity index (χ0v) is 23.1. The summed E-state index contributed by atoms with van der Waals surface area (Å²) in [6.07, 6.45) is 8.22. The van der Waals surface area contributed by atoms with Crippen molar-refractivity contribution in [2.75, 3.05) is 0 Å². The van der Waals surface area contributed by atoms with Gasteiger partial charge in [-0.05, 0) is 49.7 Å². The van der Waals surface area contributed by atoms with Crippen molar-refractivity contribution in [2.24, 2.45) is 11.7 Å². The molecule has 2 heteroatoms. The first kappa shape index (κ1) is 31.6. The lowest BCUT2D eigenvalue weighted by molar-refractivity contribution is -0.118. The van der Waals surface area contributed by atoms with Crippen LogP contribution in [0, 0.1) is 12.8 Å². The van der Waals surface area contributed by atoms with Gasteiger partial charge in [0.05, 0.1) is 0 Å². The maximum Gasteiger partial charge on any atom is 0.217 e. The smallest absolute Gasteiger partial charge is 0.217 e. The van der Waals surface area contributed by atoms with Crippen LogP contribution < -0.4 is 5.73 Å². The van der Waals surface area contributed by atoms with E-state index in [1.54, 1.807) is 0 Å². The fourth-order valence-electron chi connectivity index (χ4n) is 4.56. The Morgan fingerprint density at radius 1 is 0.882 bits per heavy atom. The van der Waals surface area contributed by atoms with Crippen LogP contribution in [0.5, 0.6) is 0 Å². The molecular weight excluding hydrogens is 414 g/mol. The number of primary amides is 1. The van der Waals surface area contributed by atoms with Crippen LogP contribution in [0.2, 0.25) is 0 Å². The SMILES string of the molecule is C=C(CCC)CCCC(N)=O.CC.CCCC(CC)C(C)(c1ccccc1)c1ccc(C)cc1. The molecule has 0 aliphatic rings. The van der Waals surface area contributed by atoms with Gasteiger partial charge in [-0.1, -0.05) is 133 Å². The molecule has 2 rings (SSSR count). The van der Waals surface area contributed by atoms with Crippen molar-refractivity contribution < 1.29 is 4.79 Å². The van der Waals surface area contributed by atoms with Crippen LogP contribution in [-0.4, -0.2) is 5.91 Å². The Balaban J connectivity index is 0.000000712.